The van der Waals surface area contributed by atoms with Crippen molar-refractivity contribution in [3.8, 4) is 0 Å². The van der Waals surface area contributed by atoms with E-state index in [1.165, 1.54) is 108 Å². The predicted octanol–water partition coefficient (Wildman–Crippen LogP) is 10.2. The highest BCUT2D eigenvalue weighted by Gasteiger charge is 2.08. The number of rotatable bonds is 0. The van der Waals surface area contributed by atoms with Crippen molar-refractivity contribution < 1.29 is 9.59 Å². The Morgan fingerprint density at radius 2 is 1.06 bits per heavy atom. The molecule has 0 saturated heterocycles. The zero-order chi connectivity index (χ0) is 24.7. The van der Waals surface area contributed by atoms with Crippen LogP contribution in [0.5, 0.6) is 0 Å². The molecule has 0 aromatic rings. The van der Waals surface area contributed by atoms with Crippen LogP contribution in [-0.4, -0.2) is 11.6 Å². The van der Waals surface area contributed by atoms with Crippen LogP contribution in [0.2, 0.25) is 0 Å². The zero-order valence-electron chi connectivity index (χ0n) is 22.9. The van der Waals surface area contributed by atoms with Crippen LogP contribution in [0.4, 0.5) is 0 Å². The summed E-state index contributed by atoms with van der Waals surface area (Å²) in [6, 6.07) is 0. The Kier molecular flexibility index (Phi) is 20.2. The van der Waals surface area contributed by atoms with E-state index < -0.39 is 0 Å². The minimum absolute atomic E-state index is 0.345. The van der Waals surface area contributed by atoms with Crippen LogP contribution in [0, 0.1) is 5.92 Å². The quantitative estimate of drug-likeness (QED) is 0.328. The second kappa shape index (κ2) is 22.3. The number of carbonyl (C=O) groups excluding carboxylic acids is 2. The van der Waals surface area contributed by atoms with Crippen LogP contribution in [0.25, 0.3) is 0 Å². The highest BCUT2D eigenvalue weighted by atomic mass is 16.1. The molecule has 1 unspecified atom stereocenters. The Hall–Kier alpha value is -1.18. The van der Waals surface area contributed by atoms with E-state index in [4.69, 9.17) is 0 Å². The fourth-order valence-corrected chi connectivity index (χ4v) is 5.03. The molecule has 0 radical (unpaired) electrons. The normalized spacial score (nSPS) is 24.3. The van der Waals surface area contributed by atoms with Crippen LogP contribution < -0.4 is 0 Å². The number of Topliss-reactive ketones (excluding diaryl/α,β-unsaturated/α-hetero) is 1. The molecular formula is C32H56O2. The first kappa shape index (κ1) is 30.9. The number of hydrogen-bond donors (Lipinski definition) is 0. The van der Waals surface area contributed by atoms with Crippen molar-refractivity contribution in [2.75, 3.05) is 0 Å². The second-order valence-electron chi connectivity index (χ2n) is 11.1. The maximum atomic E-state index is 11.7. The topological polar surface area (TPSA) is 34.1 Å². The standard InChI is InChI=1S/2C16H28O/c2*1-15-12-10-8-6-4-2-3-5-7-9-11-13-16(17)14-15/h14H,2-13H2,1H3;8,10,15H,2-7,9,11-14H2,1H3. The largest absolute Gasteiger partial charge is 0.300 e. The van der Waals surface area contributed by atoms with E-state index >= 15 is 0 Å². The summed E-state index contributed by atoms with van der Waals surface area (Å²) in [5.41, 5.74) is 1.28. The first-order chi connectivity index (χ1) is 16.6. The highest BCUT2D eigenvalue weighted by molar-refractivity contribution is 5.90. The molecule has 0 amide bonds. The second-order valence-corrected chi connectivity index (χ2v) is 11.1. The van der Waals surface area contributed by atoms with E-state index in [-0.39, 0.29) is 0 Å². The predicted molar refractivity (Wildman–Crippen MR) is 148 cm³/mol. The van der Waals surface area contributed by atoms with Gasteiger partial charge >= 0.3 is 0 Å². The van der Waals surface area contributed by atoms with Crippen LogP contribution >= 0.6 is 0 Å². The Bertz CT molecular complexity index is 572. The fourth-order valence-electron chi connectivity index (χ4n) is 5.03. The Morgan fingerprint density at radius 3 is 1.65 bits per heavy atom. The van der Waals surface area contributed by atoms with Crippen LogP contribution in [0.1, 0.15) is 162 Å². The highest BCUT2D eigenvalue weighted by Crippen LogP contribution is 2.17. The molecule has 2 nitrogen and oxygen atoms in total. The summed E-state index contributed by atoms with van der Waals surface area (Å²) < 4.78 is 0. The lowest BCUT2D eigenvalue weighted by molar-refractivity contribution is -0.120. The van der Waals surface area contributed by atoms with Crippen molar-refractivity contribution in [1.82, 2.24) is 0 Å². The van der Waals surface area contributed by atoms with Gasteiger partial charge in [0.2, 0.25) is 0 Å². The minimum atomic E-state index is 0.345. The molecular weight excluding hydrogens is 416 g/mol. The number of allylic oxidation sites excluding steroid dienone is 4. The molecule has 0 aromatic carbocycles. The first-order valence-corrected chi connectivity index (χ1v) is 14.9. The molecule has 2 heteroatoms. The molecule has 0 heterocycles. The first-order valence-electron chi connectivity index (χ1n) is 14.9. The summed E-state index contributed by atoms with van der Waals surface area (Å²) in [5.74, 6) is 1.35. The third-order valence-electron chi connectivity index (χ3n) is 7.26. The fraction of sp³-hybridized carbons (Fsp3) is 0.812. The summed E-state index contributed by atoms with van der Waals surface area (Å²) in [6.07, 6.45) is 34.5. The van der Waals surface area contributed by atoms with Gasteiger partial charge in [-0.05, 0) is 63.9 Å². The van der Waals surface area contributed by atoms with Gasteiger partial charge in [0.15, 0.2) is 5.78 Å². The van der Waals surface area contributed by atoms with E-state index in [0.29, 0.717) is 17.5 Å². The number of ketones is 2. The molecule has 0 bridgehead atoms. The van der Waals surface area contributed by atoms with E-state index in [1.807, 2.05) is 6.08 Å². The lowest BCUT2D eigenvalue weighted by Crippen LogP contribution is -2.04. The van der Waals surface area contributed by atoms with Crippen LogP contribution in [0.3, 0.4) is 0 Å². The summed E-state index contributed by atoms with van der Waals surface area (Å²) in [4.78, 5) is 23.4. The van der Waals surface area contributed by atoms with Crippen LogP contribution in [0.15, 0.2) is 23.8 Å². The Labute approximate surface area is 212 Å². The van der Waals surface area contributed by atoms with Crippen molar-refractivity contribution in [2.45, 2.75) is 162 Å². The summed E-state index contributed by atoms with van der Waals surface area (Å²) in [7, 11) is 0. The molecule has 2 aliphatic carbocycles. The summed E-state index contributed by atoms with van der Waals surface area (Å²) in [5, 5.41) is 0. The van der Waals surface area contributed by atoms with E-state index in [0.717, 1.165) is 44.9 Å². The molecule has 2 aliphatic rings. The average molecular weight is 473 g/mol. The van der Waals surface area contributed by atoms with E-state index in [1.54, 1.807) is 0 Å². The van der Waals surface area contributed by atoms with Crippen molar-refractivity contribution in [2.24, 2.45) is 5.92 Å². The molecule has 0 aromatic heterocycles. The van der Waals surface area contributed by atoms with E-state index in [9.17, 15) is 9.59 Å². The minimum Gasteiger partial charge on any atom is -0.300 e. The zero-order valence-corrected chi connectivity index (χ0v) is 22.9. The average Bonchev–Trinajstić information content (AvgIpc) is 2.81. The molecule has 0 aliphatic heterocycles. The lowest BCUT2D eigenvalue weighted by atomic mass is 9.97. The maximum Gasteiger partial charge on any atom is 0.155 e. The number of hydrogen-bond acceptors (Lipinski definition) is 2. The van der Waals surface area contributed by atoms with Gasteiger partial charge in [-0.25, -0.2) is 0 Å². The van der Waals surface area contributed by atoms with Gasteiger partial charge in [-0.3, -0.25) is 9.59 Å². The van der Waals surface area contributed by atoms with Crippen LogP contribution in [-0.2, 0) is 9.59 Å². The third-order valence-corrected chi connectivity index (χ3v) is 7.26. The molecule has 0 N–H and O–H groups in total. The summed E-state index contributed by atoms with van der Waals surface area (Å²) >= 11 is 0. The molecule has 196 valence electrons. The molecule has 0 saturated carbocycles. The molecule has 0 fully saturated rings. The van der Waals surface area contributed by atoms with Crippen molar-refractivity contribution in [1.29, 1.82) is 0 Å². The van der Waals surface area contributed by atoms with Crippen molar-refractivity contribution in [3.05, 3.63) is 23.8 Å². The lowest BCUT2D eigenvalue weighted by Gasteiger charge is -2.07. The van der Waals surface area contributed by atoms with Crippen molar-refractivity contribution >= 4 is 11.6 Å². The van der Waals surface area contributed by atoms with Crippen molar-refractivity contribution in [3.63, 3.8) is 0 Å². The van der Waals surface area contributed by atoms with Gasteiger partial charge in [-0.2, -0.15) is 0 Å². The molecule has 2 rings (SSSR count). The Morgan fingerprint density at radius 1 is 0.588 bits per heavy atom. The molecule has 0 spiro atoms. The molecule has 34 heavy (non-hydrogen) atoms. The Balaban J connectivity index is 0.000000340. The van der Waals surface area contributed by atoms with Gasteiger partial charge in [-0.15, -0.1) is 0 Å². The SMILES string of the molecule is CC1=CC(=O)CCCCCCCCCCCC1.CC1CC=CCCCCCCCCCC(=O)C1. The summed E-state index contributed by atoms with van der Waals surface area (Å²) in [6.45, 7) is 4.30. The molecule has 1 atom stereocenters. The van der Waals surface area contributed by atoms with E-state index in [2.05, 4.69) is 26.0 Å². The van der Waals surface area contributed by atoms with Gasteiger partial charge in [0.25, 0.3) is 0 Å². The monoisotopic (exact) mass is 472 g/mol. The van der Waals surface area contributed by atoms with Gasteiger partial charge in [-0.1, -0.05) is 108 Å². The maximum absolute atomic E-state index is 11.7. The van der Waals surface area contributed by atoms with Gasteiger partial charge < -0.3 is 0 Å². The third kappa shape index (κ3) is 20.2. The smallest absolute Gasteiger partial charge is 0.155 e. The van der Waals surface area contributed by atoms with Gasteiger partial charge in [0, 0.05) is 19.3 Å². The van der Waals surface area contributed by atoms with Gasteiger partial charge in [0.05, 0.1) is 0 Å². The number of carbonyl (C=O) groups is 2. The van der Waals surface area contributed by atoms with Gasteiger partial charge in [0.1, 0.15) is 5.78 Å².